The van der Waals surface area contributed by atoms with Gasteiger partial charge in [0.25, 0.3) is 5.91 Å². The summed E-state index contributed by atoms with van der Waals surface area (Å²) in [6, 6.07) is 2.16. The van der Waals surface area contributed by atoms with Gasteiger partial charge in [-0.1, -0.05) is 0 Å². The van der Waals surface area contributed by atoms with E-state index in [4.69, 9.17) is 4.42 Å². The van der Waals surface area contributed by atoms with E-state index in [9.17, 15) is 9.59 Å². The lowest BCUT2D eigenvalue weighted by molar-refractivity contribution is -0.121. The predicted octanol–water partition coefficient (Wildman–Crippen LogP) is 2.42. The molecule has 0 aromatic carbocycles. The molecule has 1 N–H and O–H groups in total. The average molecular weight is 292 g/mol. The van der Waals surface area contributed by atoms with E-state index in [-0.39, 0.29) is 17.9 Å². The smallest absolute Gasteiger partial charge is 0.257 e. The van der Waals surface area contributed by atoms with Crippen molar-refractivity contribution in [1.29, 1.82) is 0 Å². The first kappa shape index (κ1) is 15.6. The molecule has 116 valence electrons. The molecular formula is C16H24N2O3. The van der Waals surface area contributed by atoms with Crippen LogP contribution in [0.4, 0.5) is 0 Å². The minimum absolute atomic E-state index is 0.0241. The number of hydrogen-bond donors (Lipinski definition) is 1. The highest BCUT2D eigenvalue weighted by Gasteiger charge is 2.26. The zero-order chi connectivity index (χ0) is 15.6. The van der Waals surface area contributed by atoms with Crippen LogP contribution in [0, 0.1) is 13.8 Å². The lowest BCUT2D eigenvalue weighted by Gasteiger charge is -2.26. The molecule has 2 amide bonds. The van der Waals surface area contributed by atoms with Crippen LogP contribution in [0.5, 0.6) is 0 Å². The molecule has 5 nitrogen and oxygen atoms in total. The Hall–Kier alpha value is -1.78. The van der Waals surface area contributed by atoms with Gasteiger partial charge in [0.15, 0.2) is 0 Å². The number of nitrogens with zero attached hydrogens (tertiary/aromatic N) is 1. The van der Waals surface area contributed by atoms with Crippen molar-refractivity contribution in [2.75, 3.05) is 6.54 Å². The van der Waals surface area contributed by atoms with Crippen molar-refractivity contribution in [1.82, 2.24) is 10.2 Å². The molecule has 0 bridgehead atoms. The Balaban J connectivity index is 1.98. The Morgan fingerprint density at radius 2 is 2.05 bits per heavy atom. The number of nitrogens with one attached hydrogen (secondary N) is 1. The summed E-state index contributed by atoms with van der Waals surface area (Å²) in [5, 5.41) is 2.95. The molecule has 2 rings (SSSR count). The number of carbonyl (C=O) groups is 2. The van der Waals surface area contributed by atoms with Crippen molar-refractivity contribution in [2.45, 2.75) is 59.0 Å². The molecule has 5 heteroatoms. The van der Waals surface area contributed by atoms with Gasteiger partial charge >= 0.3 is 0 Å². The van der Waals surface area contributed by atoms with Crippen LogP contribution in [0.2, 0.25) is 0 Å². The summed E-state index contributed by atoms with van der Waals surface area (Å²) in [4.78, 5) is 26.1. The standard InChI is InChI=1S/C16H24N2O3/c1-10(2)18(8-7-15(19)17-13-5-6-13)16(20)14-9-11(3)21-12(14)4/h9-10,13H,5-8H2,1-4H3,(H,17,19). The van der Waals surface area contributed by atoms with E-state index in [0.29, 0.717) is 30.3 Å². The molecule has 0 atom stereocenters. The molecule has 0 aliphatic heterocycles. The van der Waals surface area contributed by atoms with Gasteiger partial charge in [-0.25, -0.2) is 0 Å². The number of carbonyl (C=O) groups excluding carboxylic acids is 2. The van der Waals surface area contributed by atoms with Crippen LogP contribution in [0.15, 0.2) is 10.5 Å². The summed E-state index contributed by atoms with van der Waals surface area (Å²) in [6.07, 6.45) is 2.49. The van der Waals surface area contributed by atoms with Gasteiger partial charge < -0.3 is 14.6 Å². The molecule has 1 saturated carbocycles. The number of hydrogen-bond acceptors (Lipinski definition) is 3. The third kappa shape index (κ3) is 4.09. The zero-order valence-corrected chi connectivity index (χ0v) is 13.2. The van der Waals surface area contributed by atoms with Crippen molar-refractivity contribution >= 4 is 11.8 Å². The fourth-order valence-electron chi connectivity index (χ4n) is 2.34. The van der Waals surface area contributed by atoms with Crippen molar-refractivity contribution in [3.05, 3.63) is 23.2 Å². The molecule has 1 fully saturated rings. The third-order valence-corrected chi connectivity index (χ3v) is 3.68. The van der Waals surface area contributed by atoms with Crippen molar-refractivity contribution < 1.29 is 14.0 Å². The van der Waals surface area contributed by atoms with Crippen molar-refractivity contribution in [3.8, 4) is 0 Å². The summed E-state index contributed by atoms with van der Waals surface area (Å²) in [5.41, 5.74) is 0.587. The molecule has 21 heavy (non-hydrogen) atoms. The Morgan fingerprint density at radius 1 is 1.38 bits per heavy atom. The van der Waals surface area contributed by atoms with Crippen LogP contribution in [-0.4, -0.2) is 35.3 Å². The highest BCUT2D eigenvalue weighted by Crippen LogP contribution is 2.19. The lowest BCUT2D eigenvalue weighted by atomic mass is 10.1. The molecule has 1 heterocycles. The van der Waals surface area contributed by atoms with Gasteiger partial charge in [-0.3, -0.25) is 9.59 Å². The van der Waals surface area contributed by atoms with E-state index in [1.165, 1.54) is 0 Å². The fraction of sp³-hybridized carbons (Fsp3) is 0.625. The molecule has 0 spiro atoms. The van der Waals surface area contributed by atoms with Crippen molar-refractivity contribution in [3.63, 3.8) is 0 Å². The van der Waals surface area contributed by atoms with Gasteiger partial charge in [0.05, 0.1) is 5.56 Å². The zero-order valence-electron chi connectivity index (χ0n) is 13.2. The van der Waals surface area contributed by atoms with Crippen LogP contribution in [0.3, 0.4) is 0 Å². The van der Waals surface area contributed by atoms with Crippen LogP contribution in [0.1, 0.15) is 55.0 Å². The Morgan fingerprint density at radius 3 is 2.52 bits per heavy atom. The quantitative estimate of drug-likeness (QED) is 0.876. The van der Waals surface area contributed by atoms with Gasteiger partial charge in [0.2, 0.25) is 5.91 Å². The summed E-state index contributed by atoms with van der Waals surface area (Å²) >= 11 is 0. The summed E-state index contributed by atoms with van der Waals surface area (Å²) in [5.74, 6) is 1.31. The van der Waals surface area contributed by atoms with E-state index in [1.807, 2.05) is 20.8 Å². The minimum atomic E-state index is -0.0708. The van der Waals surface area contributed by atoms with Crippen LogP contribution in [0.25, 0.3) is 0 Å². The second-order valence-corrected chi connectivity index (χ2v) is 6.01. The third-order valence-electron chi connectivity index (χ3n) is 3.68. The summed E-state index contributed by atoms with van der Waals surface area (Å²) < 4.78 is 5.43. The Labute approximate surface area is 125 Å². The molecule has 1 aromatic rings. The van der Waals surface area contributed by atoms with Gasteiger partial charge in [0.1, 0.15) is 11.5 Å². The first-order valence-corrected chi connectivity index (χ1v) is 7.56. The second kappa shape index (κ2) is 6.33. The van der Waals surface area contributed by atoms with Gasteiger partial charge in [-0.2, -0.15) is 0 Å². The van der Waals surface area contributed by atoms with E-state index >= 15 is 0 Å². The van der Waals surface area contributed by atoms with E-state index in [1.54, 1.807) is 17.9 Å². The van der Waals surface area contributed by atoms with E-state index < -0.39 is 0 Å². The first-order chi connectivity index (χ1) is 9.88. The van der Waals surface area contributed by atoms with E-state index in [0.717, 1.165) is 18.6 Å². The summed E-state index contributed by atoms with van der Waals surface area (Å²) in [6.45, 7) is 7.96. The van der Waals surface area contributed by atoms with E-state index in [2.05, 4.69) is 5.32 Å². The number of furan rings is 1. The topological polar surface area (TPSA) is 62.6 Å². The maximum atomic E-state index is 12.6. The van der Waals surface area contributed by atoms with Gasteiger partial charge in [-0.05, 0) is 46.6 Å². The summed E-state index contributed by atoms with van der Waals surface area (Å²) in [7, 11) is 0. The molecule has 1 aliphatic rings. The largest absolute Gasteiger partial charge is 0.466 e. The predicted molar refractivity (Wildman–Crippen MR) is 80.1 cm³/mol. The Kier molecular flexibility index (Phi) is 4.70. The van der Waals surface area contributed by atoms with Crippen LogP contribution >= 0.6 is 0 Å². The van der Waals surface area contributed by atoms with Gasteiger partial charge in [-0.15, -0.1) is 0 Å². The van der Waals surface area contributed by atoms with Gasteiger partial charge in [0, 0.05) is 25.0 Å². The number of aryl methyl sites for hydroxylation is 2. The highest BCUT2D eigenvalue weighted by molar-refractivity contribution is 5.95. The number of rotatable bonds is 6. The highest BCUT2D eigenvalue weighted by atomic mass is 16.3. The lowest BCUT2D eigenvalue weighted by Crippen LogP contribution is -2.40. The normalized spacial score (nSPS) is 14.3. The minimum Gasteiger partial charge on any atom is -0.466 e. The van der Waals surface area contributed by atoms with Crippen LogP contribution < -0.4 is 5.32 Å². The maximum Gasteiger partial charge on any atom is 0.257 e. The monoisotopic (exact) mass is 292 g/mol. The Bertz CT molecular complexity index is 530. The fourth-order valence-corrected chi connectivity index (χ4v) is 2.34. The molecular weight excluding hydrogens is 268 g/mol. The molecule has 1 aromatic heterocycles. The molecule has 0 radical (unpaired) electrons. The first-order valence-electron chi connectivity index (χ1n) is 7.56. The average Bonchev–Trinajstić information content (AvgIpc) is 3.12. The number of amides is 2. The second-order valence-electron chi connectivity index (χ2n) is 6.01. The SMILES string of the molecule is Cc1cc(C(=O)N(CCC(=O)NC2CC2)C(C)C)c(C)o1. The maximum absolute atomic E-state index is 12.6. The van der Waals surface area contributed by atoms with Crippen molar-refractivity contribution in [2.24, 2.45) is 0 Å². The molecule has 0 saturated heterocycles. The molecule has 0 unspecified atom stereocenters. The molecule has 1 aliphatic carbocycles. The van der Waals surface area contributed by atoms with Crippen LogP contribution in [-0.2, 0) is 4.79 Å².